The fourth-order valence-electron chi connectivity index (χ4n) is 4.19. The molecule has 1 aromatic heterocycles. The molecule has 0 bridgehead atoms. The summed E-state index contributed by atoms with van der Waals surface area (Å²) in [6.45, 7) is 11.4. The Kier molecular flexibility index (Phi) is 10.5. The topological polar surface area (TPSA) is 52.1 Å². The normalized spacial score (nSPS) is 25.3. The van der Waals surface area contributed by atoms with Gasteiger partial charge in [0.15, 0.2) is 5.96 Å². The van der Waals surface area contributed by atoms with Crippen molar-refractivity contribution in [2.75, 3.05) is 52.9 Å². The van der Waals surface area contributed by atoms with E-state index >= 15 is 0 Å². The molecule has 28 heavy (non-hydrogen) atoms. The minimum Gasteiger partial charge on any atom is -0.376 e. The van der Waals surface area contributed by atoms with Crippen LogP contribution < -0.4 is 10.6 Å². The lowest BCUT2D eigenvalue weighted by molar-refractivity contribution is -0.0334. The van der Waals surface area contributed by atoms with Crippen molar-refractivity contribution in [3.05, 3.63) is 22.4 Å². The van der Waals surface area contributed by atoms with E-state index in [2.05, 4.69) is 56.8 Å². The molecule has 0 amide bonds. The summed E-state index contributed by atoms with van der Waals surface area (Å²) in [7, 11) is 1.86. The van der Waals surface area contributed by atoms with E-state index in [1.54, 1.807) is 0 Å². The molecule has 8 heteroatoms. The maximum atomic E-state index is 5.74. The second kappa shape index (κ2) is 12.3. The standard InChI is InChI=1S/C20H35N5OS.HI/c1-4-24-9-5-7-17(24)13-22-20(21-3)23-14-18(19-8-6-12-27-19)25-10-11-26-16(2)15-25;/h6,8,12,16-18H,4-5,7,9-11,13-15H2,1-3H3,(H2,21,22,23);1H. The van der Waals surface area contributed by atoms with Crippen LogP contribution in [0.4, 0.5) is 0 Å². The van der Waals surface area contributed by atoms with E-state index < -0.39 is 0 Å². The van der Waals surface area contributed by atoms with Crippen LogP contribution in [-0.2, 0) is 4.74 Å². The van der Waals surface area contributed by atoms with E-state index in [9.17, 15) is 0 Å². The quantitative estimate of drug-likeness (QED) is 0.329. The molecule has 1 aromatic rings. The minimum absolute atomic E-state index is 0. The Hall–Kier alpha value is -0.420. The largest absolute Gasteiger partial charge is 0.376 e. The predicted molar refractivity (Wildman–Crippen MR) is 129 cm³/mol. The van der Waals surface area contributed by atoms with Gasteiger partial charge in [0.2, 0.25) is 0 Å². The van der Waals surface area contributed by atoms with Crippen molar-refractivity contribution >= 4 is 41.3 Å². The fraction of sp³-hybridized carbons (Fsp3) is 0.750. The van der Waals surface area contributed by atoms with Crippen LogP contribution in [0, 0.1) is 0 Å². The molecule has 2 fully saturated rings. The van der Waals surface area contributed by atoms with Gasteiger partial charge in [0.1, 0.15) is 0 Å². The molecule has 2 N–H and O–H groups in total. The monoisotopic (exact) mass is 521 g/mol. The number of halogens is 1. The van der Waals surface area contributed by atoms with Crippen molar-refractivity contribution < 1.29 is 4.74 Å². The van der Waals surface area contributed by atoms with Crippen molar-refractivity contribution in [1.29, 1.82) is 0 Å². The maximum Gasteiger partial charge on any atom is 0.191 e. The van der Waals surface area contributed by atoms with E-state index in [0.29, 0.717) is 18.2 Å². The lowest BCUT2D eigenvalue weighted by Crippen LogP contribution is -2.49. The van der Waals surface area contributed by atoms with E-state index in [1.165, 1.54) is 24.3 Å². The van der Waals surface area contributed by atoms with E-state index in [1.807, 2.05) is 18.4 Å². The first-order valence-corrected chi connectivity index (χ1v) is 11.2. The number of aliphatic imine (C=N–C) groups is 1. The van der Waals surface area contributed by atoms with Gasteiger partial charge < -0.3 is 15.4 Å². The SMILES string of the molecule is CCN1CCCC1CNC(=NC)NCC(c1cccs1)N1CCOC(C)C1.I. The summed E-state index contributed by atoms with van der Waals surface area (Å²) in [6.07, 6.45) is 2.88. The summed E-state index contributed by atoms with van der Waals surface area (Å²) in [5.74, 6) is 0.904. The first-order valence-electron chi connectivity index (χ1n) is 10.3. The Morgan fingerprint density at radius 1 is 1.39 bits per heavy atom. The number of hydrogen-bond donors (Lipinski definition) is 2. The summed E-state index contributed by atoms with van der Waals surface area (Å²) in [4.78, 5) is 10.9. The second-order valence-corrected chi connectivity index (χ2v) is 8.45. The zero-order valence-corrected chi connectivity index (χ0v) is 20.5. The Bertz CT molecular complexity index is 585. The van der Waals surface area contributed by atoms with Gasteiger partial charge in [0, 0.05) is 44.1 Å². The van der Waals surface area contributed by atoms with Crippen molar-refractivity contribution in [1.82, 2.24) is 20.4 Å². The third-order valence-corrected chi connectivity index (χ3v) is 6.66. The van der Waals surface area contributed by atoms with Crippen LogP contribution in [0.1, 0.15) is 37.6 Å². The molecule has 0 radical (unpaired) electrons. The molecule has 2 aliphatic rings. The minimum atomic E-state index is 0. The smallest absolute Gasteiger partial charge is 0.191 e. The van der Waals surface area contributed by atoms with Gasteiger partial charge >= 0.3 is 0 Å². The maximum absolute atomic E-state index is 5.74. The molecule has 2 aliphatic heterocycles. The second-order valence-electron chi connectivity index (χ2n) is 7.47. The predicted octanol–water partition coefficient (Wildman–Crippen LogP) is 2.78. The van der Waals surface area contributed by atoms with Gasteiger partial charge in [-0.05, 0) is 44.3 Å². The van der Waals surface area contributed by atoms with Crippen LogP contribution in [0.2, 0.25) is 0 Å². The summed E-state index contributed by atoms with van der Waals surface area (Å²) >= 11 is 1.83. The van der Waals surface area contributed by atoms with Crippen LogP contribution in [0.3, 0.4) is 0 Å². The molecule has 3 unspecified atom stereocenters. The summed E-state index contributed by atoms with van der Waals surface area (Å²) in [6, 6.07) is 5.37. The van der Waals surface area contributed by atoms with Crippen LogP contribution >= 0.6 is 35.3 Å². The lowest BCUT2D eigenvalue weighted by atomic mass is 10.1. The first-order chi connectivity index (χ1) is 13.2. The molecule has 6 nitrogen and oxygen atoms in total. The number of nitrogens with zero attached hydrogens (tertiary/aromatic N) is 3. The molecule has 0 aromatic carbocycles. The average molecular weight is 522 g/mol. The summed E-state index contributed by atoms with van der Waals surface area (Å²) in [5.41, 5.74) is 0. The summed E-state index contributed by atoms with van der Waals surface area (Å²) in [5, 5.41) is 9.28. The zero-order chi connectivity index (χ0) is 19.1. The Balaban J connectivity index is 0.00000280. The molecule has 3 rings (SSSR count). The van der Waals surface area contributed by atoms with Crippen molar-refractivity contribution in [3.8, 4) is 0 Å². The number of rotatable bonds is 7. The van der Waals surface area contributed by atoms with Crippen molar-refractivity contribution in [3.63, 3.8) is 0 Å². The van der Waals surface area contributed by atoms with E-state index in [-0.39, 0.29) is 24.0 Å². The number of nitrogens with one attached hydrogen (secondary N) is 2. The molecule has 3 heterocycles. The molecular formula is C20H36IN5OS. The highest BCUT2D eigenvalue weighted by Gasteiger charge is 2.27. The number of guanidine groups is 1. The average Bonchev–Trinajstić information content (AvgIpc) is 3.36. The van der Waals surface area contributed by atoms with Gasteiger partial charge in [-0.2, -0.15) is 0 Å². The number of ether oxygens (including phenoxy) is 1. The first kappa shape index (κ1) is 23.9. The molecule has 2 saturated heterocycles. The van der Waals surface area contributed by atoms with Gasteiger partial charge in [-0.3, -0.25) is 14.8 Å². The van der Waals surface area contributed by atoms with Crippen molar-refractivity contribution in [2.24, 2.45) is 4.99 Å². The van der Waals surface area contributed by atoms with Gasteiger partial charge in [-0.15, -0.1) is 35.3 Å². The molecule has 0 spiro atoms. The van der Waals surface area contributed by atoms with Gasteiger partial charge in [-0.25, -0.2) is 0 Å². The van der Waals surface area contributed by atoms with Gasteiger partial charge in [-0.1, -0.05) is 13.0 Å². The van der Waals surface area contributed by atoms with E-state index in [4.69, 9.17) is 4.74 Å². The third-order valence-electron chi connectivity index (χ3n) is 5.68. The fourth-order valence-corrected chi connectivity index (χ4v) is 5.05. The van der Waals surface area contributed by atoms with Crippen LogP contribution in [0.5, 0.6) is 0 Å². The van der Waals surface area contributed by atoms with Crippen molar-refractivity contribution in [2.45, 2.75) is 44.9 Å². The highest BCUT2D eigenvalue weighted by molar-refractivity contribution is 14.0. The number of hydrogen-bond acceptors (Lipinski definition) is 5. The molecular weight excluding hydrogens is 485 g/mol. The Morgan fingerprint density at radius 2 is 2.25 bits per heavy atom. The van der Waals surface area contributed by atoms with Gasteiger partial charge in [0.25, 0.3) is 0 Å². The summed E-state index contributed by atoms with van der Waals surface area (Å²) < 4.78 is 5.74. The number of likely N-dealkylation sites (tertiary alicyclic amines) is 1. The van der Waals surface area contributed by atoms with E-state index in [0.717, 1.165) is 45.3 Å². The Morgan fingerprint density at radius 3 is 2.93 bits per heavy atom. The molecule has 0 aliphatic carbocycles. The number of likely N-dealkylation sites (N-methyl/N-ethyl adjacent to an activating group) is 1. The van der Waals surface area contributed by atoms with Gasteiger partial charge in [0.05, 0.1) is 18.8 Å². The third kappa shape index (κ3) is 6.55. The van der Waals surface area contributed by atoms with Crippen LogP contribution in [0.15, 0.2) is 22.5 Å². The number of thiophene rings is 1. The highest BCUT2D eigenvalue weighted by atomic mass is 127. The lowest BCUT2D eigenvalue weighted by Gasteiger charge is -2.37. The molecule has 3 atom stereocenters. The molecule has 0 saturated carbocycles. The van der Waals surface area contributed by atoms with Crippen LogP contribution in [-0.4, -0.2) is 80.8 Å². The highest BCUT2D eigenvalue weighted by Crippen LogP contribution is 2.26. The van der Waals surface area contributed by atoms with Crippen LogP contribution in [0.25, 0.3) is 0 Å². The molecule has 160 valence electrons. The number of morpholine rings is 1. The zero-order valence-electron chi connectivity index (χ0n) is 17.4. The Labute approximate surface area is 191 Å².